The van der Waals surface area contributed by atoms with Crippen LogP contribution in [0.5, 0.6) is 0 Å². The summed E-state index contributed by atoms with van der Waals surface area (Å²) in [4.78, 5) is 2.11. The van der Waals surface area contributed by atoms with E-state index in [1.54, 1.807) is 6.08 Å². The van der Waals surface area contributed by atoms with Gasteiger partial charge in [0.05, 0.1) is 13.2 Å². The van der Waals surface area contributed by atoms with Crippen LogP contribution in [0.2, 0.25) is 0 Å². The molecule has 0 saturated carbocycles. The van der Waals surface area contributed by atoms with Gasteiger partial charge in [-0.2, -0.15) is 0 Å². The van der Waals surface area contributed by atoms with E-state index in [9.17, 15) is 0 Å². The maximum absolute atomic E-state index is 6.09. The second kappa shape index (κ2) is 4.53. The van der Waals surface area contributed by atoms with Crippen LogP contribution in [0.4, 0.5) is 0 Å². The van der Waals surface area contributed by atoms with Crippen molar-refractivity contribution in [2.45, 2.75) is 6.92 Å². The van der Waals surface area contributed by atoms with Crippen LogP contribution in [-0.2, 0) is 4.74 Å². The number of rotatable bonds is 2. The smallest absolute Gasteiger partial charge is 0.107 e. The normalized spacial score (nSPS) is 20.3. The Morgan fingerprint density at radius 1 is 1.50 bits per heavy atom. The van der Waals surface area contributed by atoms with Gasteiger partial charge in [-0.25, -0.2) is 0 Å². The molecule has 0 amide bonds. The van der Waals surface area contributed by atoms with Crippen LogP contribution in [0.15, 0.2) is 23.4 Å². The first-order chi connectivity index (χ1) is 5.75. The molecule has 0 unspecified atom stereocenters. The van der Waals surface area contributed by atoms with Crippen LogP contribution < -0.4 is 0 Å². The lowest BCUT2D eigenvalue weighted by molar-refractivity contribution is 0.0569. The fraction of sp³-hybridized carbons (Fsp3) is 0.556. The van der Waals surface area contributed by atoms with E-state index in [2.05, 4.69) is 11.5 Å². The predicted octanol–water partition coefficient (Wildman–Crippen LogP) is 1.97. The van der Waals surface area contributed by atoms with Gasteiger partial charge >= 0.3 is 0 Å². The number of hydrogen-bond donors (Lipinski definition) is 0. The molecule has 1 saturated heterocycles. The van der Waals surface area contributed by atoms with Crippen molar-refractivity contribution < 1.29 is 4.74 Å². The van der Waals surface area contributed by atoms with Gasteiger partial charge in [0.2, 0.25) is 0 Å². The summed E-state index contributed by atoms with van der Waals surface area (Å²) < 4.78 is 5.21. The standard InChI is InChI=1S/C9H14ClNO/c1-3-8(2)9(10)11-4-6-12-7-5-11/h3H,1,4-7H2,2H3/b9-8-. The Hall–Kier alpha value is -0.470. The zero-order valence-corrected chi connectivity index (χ0v) is 8.10. The van der Waals surface area contributed by atoms with Crippen LogP contribution in [0.3, 0.4) is 0 Å². The SMILES string of the molecule is C=C/C(C)=C(/Cl)N1CCOCC1. The monoisotopic (exact) mass is 187 g/mol. The summed E-state index contributed by atoms with van der Waals surface area (Å²) in [5, 5.41) is 0.799. The van der Waals surface area contributed by atoms with Gasteiger partial charge in [-0.1, -0.05) is 24.3 Å². The minimum absolute atomic E-state index is 0.765. The number of nitrogens with zero attached hydrogens (tertiary/aromatic N) is 1. The first-order valence-electron chi connectivity index (χ1n) is 4.07. The van der Waals surface area contributed by atoms with E-state index in [4.69, 9.17) is 16.3 Å². The van der Waals surface area contributed by atoms with Crippen molar-refractivity contribution >= 4 is 11.6 Å². The van der Waals surface area contributed by atoms with Gasteiger partial charge in [0.15, 0.2) is 0 Å². The molecule has 68 valence electrons. The van der Waals surface area contributed by atoms with Gasteiger partial charge in [-0.3, -0.25) is 0 Å². The molecule has 0 aromatic heterocycles. The van der Waals surface area contributed by atoms with Crippen molar-refractivity contribution in [2.24, 2.45) is 0 Å². The molecule has 1 heterocycles. The molecule has 1 aliphatic heterocycles. The number of hydrogen-bond acceptors (Lipinski definition) is 2. The minimum atomic E-state index is 0.765. The van der Waals surface area contributed by atoms with Crippen LogP contribution >= 0.6 is 11.6 Å². The lowest BCUT2D eigenvalue weighted by atomic mass is 10.3. The van der Waals surface area contributed by atoms with E-state index in [1.165, 1.54) is 0 Å². The molecule has 0 N–H and O–H groups in total. The lowest BCUT2D eigenvalue weighted by Gasteiger charge is -2.28. The highest BCUT2D eigenvalue weighted by atomic mass is 35.5. The Morgan fingerprint density at radius 2 is 2.08 bits per heavy atom. The third kappa shape index (κ3) is 2.26. The fourth-order valence-electron chi connectivity index (χ4n) is 1.09. The van der Waals surface area contributed by atoms with Crippen molar-refractivity contribution in [1.82, 2.24) is 4.90 Å². The summed E-state index contributed by atoms with van der Waals surface area (Å²) in [6, 6.07) is 0. The fourth-order valence-corrected chi connectivity index (χ4v) is 1.34. The molecule has 0 bridgehead atoms. The Bertz CT molecular complexity index is 195. The molecule has 0 spiro atoms. The highest BCUT2D eigenvalue weighted by molar-refractivity contribution is 6.29. The van der Waals surface area contributed by atoms with Crippen molar-refractivity contribution in [3.8, 4) is 0 Å². The molecule has 1 rings (SSSR count). The van der Waals surface area contributed by atoms with E-state index in [-0.39, 0.29) is 0 Å². The number of ether oxygens (including phenoxy) is 1. The highest BCUT2D eigenvalue weighted by Gasteiger charge is 2.12. The first kappa shape index (κ1) is 9.62. The number of halogens is 1. The molecule has 0 aliphatic carbocycles. The minimum Gasteiger partial charge on any atom is -0.378 e. The summed E-state index contributed by atoms with van der Waals surface area (Å²) in [6.07, 6.45) is 1.78. The molecule has 0 radical (unpaired) electrons. The van der Waals surface area contributed by atoms with Crippen molar-refractivity contribution in [2.75, 3.05) is 26.3 Å². The number of allylic oxidation sites excluding steroid dienone is 2. The summed E-state index contributed by atoms with van der Waals surface area (Å²) in [5.74, 6) is 0. The largest absolute Gasteiger partial charge is 0.378 e. The van der Waals surface area contributed by atoms with E-state index in [1.807, 2.05) is 6.92 Å². The Labute approximate surface area is 78.5 Å². The van der Waals surface area contributed by atoms with Gasteiger partial charge in [0.25, 0.3) is 0 Å². The van der Waals surface area contributed by atoms with E-state index in [0.717, 1.165) is 37.0 Å². The summed E-state index contributed by atoms with van der Waals surface area (Å²) >= 11 is 6.09. The van der Waals surface area contributed by atoms with Gasteiger partial charge in [0.1, 0.15) is 5.16 Å². The van der Waals surface area contributed by atoms with Crippen LogP contribution in [-0.4, -0.2) is 31.2 Å². The Kier molecular flexibility index (Phi) is 3.63. The second-order valence-electron chi connectivity index (χ2n) is 2.78. The quantitative estimate of drug-likeness (QED) is 0.484. The summed E-state index contributed by atoms with van der Waals surface area (Å²) in [5.41, 5.74) is 1.03. The van der Waals surface area contributed by atoms with Crippen molar-refractivity contribution in [1.29, 1.82) is 0 Å². The third-order valence-electron chi connectivity index (χ3n) is 1.92. The predicted molar refractivity (Wildman–Crippen MR) is 51.1 cm³/mol. The van der Waals surface area contributed by atoms with Crippen molar-refractivity contribution in [3.63, 3.8) is 0 Å². The second-order valence-corrected chi connectivity index (χ2v) is 3.14. The van der Waals surface area contributed by atoms with Crippen molar-refractivity contribution in [3.05, 3.63) is 23.4 Å². The molecule has 1 fully saturated rings. The lowest BCUT2D eigenvalue weighted by Crippen LogP contribution is -2.34. The molecule has 12 heavy (non-hydrogen) atoms. The molecule has 1 aliphatic rings. The van der Waals surface area contributed by atoms with Crippen LogP contribution in [0.1, 0.15) is 6.92 Å². The molecular formula is C9H14ClNO. The van der Waals surface area contributed by atoms with Crippen LogP contribution in [0.25, 0.3) is 0 Å². The molecule has 0 aromatic carbocycles. The average Bonchev–Trinajstić information content (AvgIpc) is 2.17. The Balaban J connectivity index is 2.61. The molecule has 0 atom stereocenters. The number of morpholine rings is 1. The topological polar surface area (TPSA) is 12.5 Å². The molecule has 2 nitrogen and oxygen atoms in total. The van der Waals surface area contributed by atoms with Gasteiger partial charge in [-0.05, 0) is 12.5 Å². The average molecular weight is 188 g/mol. The van der Waals surface area contributed by atoms with E-state index < -0.39 is 0 Å². The van der Waals surface area contributed by atoms with E-state index >= 15 is 0 Å². The van der Waals surface area contributed by atoms with Gasteiger partial charge < -0.3 is 9.64 Å². The first-order valence-corrected chi connectivity index (χ1v) is 4.45. The zero-order valence-electron chi connectivity index (χ0n) is 7.35. The molecule has 3 heteroatoms. The summed E-state index contributed by atoms with van der Waals surface area (Å²) in [7, 11) is 0. The van der Waals surface area contributed by atoms with E-state index in [0.29, 0.717) is 0 Å². The highest BCUT2D eigenvalue weighted by Crippen LogP contribution is 2.16. The Morgan fingerprint density at radius 3 is 2.58 bits per heavy atom. The molecule has 0 aromatic rings. The van der Waals surface area contributed by atoms with Gasteiger partial charge in [0, 0.05) is 13.1 Å². The van der Waals surface area contributed by atoms with Gasteiger partial charge in [-0.15, -0.1) is 0 Å². The summed E-state index contributed by atoms with van der Waals surface area (Å²) in [6.45, 7) is 8.93. The maximum Gasteiger partial charge on any atom is 0.107 e. The zero-order chi connectivity index (χ0) is 8.97. The maximum atomic E-state index is 6.09. The molecular weight excluding hydrogens is 174 g/mol. The van der Waals surface area contributed by atoms with Crippen LogP contribution in [0, 0.1) is 0 Å². The third-order valence-corrected chi connectivity index (χ3v) is 2.46.